The van der Waals surface area contributed by atoms with E-state index < -0.39 is 0 Å². The van der Waals surface area contributed by atoms with E-state index in [1.54, 1.807) is 37.5 Å². The number of benzene rings is 1. The largest absolute Gasteiger partial charge is 0.467 e. The van der Waals surface area contributed by atoms with Gasteiger partial charge in [-0.3, -0.25) is 4.79 Å². The number of carbonyl (C=O) groups excluding carboxylic acids is 2. The van der Waals surface area contributed by atoms with Crippen molar-refractivity contribution in [2.24, 2.45) is 0 Å². The van der Waals surface area contributed by atoms with Gasteiger partial charge in [-0.2, -0.15) is 0 Å². The number of para-hydroxylation sites is 1. The number of carbonyl (C=O) groups is 2. The van der Waals surface area contributed by atoms with Crippen LogP contribution in [0.2, 0.25) is 0 Å². The van der Waals surface area contributed by atoms with E-state index in [2.05, 4.69) is 5.32 Å². The summed E-state index contributed by atoms with van der Waals surface area (Å²) < 4.78 is 10.2. The van der Waals surface area contributed by atoms with Crippen LogP contribution in [0.15, 0.2) is 53.1 Å². The fourth-order valence-corrected chi connectivity index (χ4v) is 2.03. The highest BCUT2D eigenvalue weighted by atomic mass is 16.5. The number of nitrogens with one attached hydrogen (secondary N) is 1. The zero-order valence-corrected chi connectivity index (χ0v) is 13.0. The lowest BCUT2D eigenvalue weighted by molar-refractivity contribution is -0.143. The lowest BCUT2D eigenvalue weighted by atomic mass is 10.3. The number of esters is 1. The monoisotopic (exact) mass is 316 g/mol. The van der Waals surface area contributed by atoms with Gasteiger partial charge < -0.3 is 19.4 Å². The van der Waals surface area contributed by atoms with Gasteiger partial charge in [0, 0.05) is 12.2 Å². The smallest absolute Gasteiger partial charge is 0.322 e. The van der Waals surface area contributed by atoms with E-state index in [1.807, 2.05) is 18.2 Å². The maximum Gasteiger partial charge on any atom is 0.322 e. The van der Waals surface area contributed by atoms with Crippen molar-refractivity contribution in [3.8, 4) is 0 Å². The van der Waals surface area contributed by atoms with Gasteiger partial charge in [0.25, 0.3) is 0 Å². The average molecular weight is 316 g/mol. The summed E-state index contributed by atoms with van der Waals surface area (Å²) in [6.07, 6.45) is 1.69. The van der Waals surface area contributed by atoms with Gasteiger partial charge in [0.2, 0.25) is 0 Å². The molecule has 0 aliphatic heterocycles. The van der Waals surface area contributed by atoms with Gasteiger partial charge >= 0.3 is 12.0 Å². The number of amides is 2. The van der Waals surface area contributed by atoms with Crippen LogP contribution in [-0.2, 0) is 16.1 Å². The van der Waals surface area contributed by atoms with Gasteiger partial charge in [-0.05, 0) is 31.2 Å². The highest BCUT2D eigenvalue weighted by molar-refractivity contribution is 5.89. The molecule has 0 saturated heterocycles. The normalized spacial score (nSPS) is 10.1. The van der Waals surface area contributed by atoms with E-state index >= 15 is 0 Å². The number of ether oxygens (including phenoxy) is 1. The first-order valence-electron chi connectivity index (χ1n) is 7.48. The molecular formula is C17H20N2O4. The van der Waals surface area contributed by atoms with Crippen molar-refractivity contribution in [3.05, 3.63) is 54.5 Å². The molecule has 0 unspecified atom stereocenters. The van der Waals surface area contributed by atoms with Gasteiger partial charge in [0.15, 0.2) is 0 Å². The van der Waals surface area contributed by atoms with E-state index in [0.717, 1.165) is 0 Å². The third-order valence-corrected chi connectivity index (χ3v) is 3.13. The predicted molar refractivity (Wildman–Crippen MR) is 85.8 cm³/mol. The van der Waals surface area contributed by atoms with Crippen molar-refractivity contribution < 1.29 is 18.7 Å². The van der Waals surface area contributed by atoms with Crippen LogP contribution in [0, 0.1) is 0 Å². The van der Waals surface area contributed by atoms with E-state index in [4.69, 9.17) is 9.15 Å². The van der Waals surface area contributed by atoms with Crippen LogP contribution >= 0.6 is 0 Å². The van der Waals surface area contributed by atoms with Crippen molar-refractivity contribution in [2.45, 2.75) is 19.9 Å². The fraction of sp³-hybridized carbons (Fsp3) is 0.294. The van der Waals surface area contributed by atoms with Crippen LogP contribution in [0.1, 0.15) is 19.1 Å². The van der Waals surface area contributed by atoms with Crippen molar-refractivity contribution in [1.82, 2.24) is 4.90 Å². The van der Waals surface area contributed by atoms with Gasteiger partial charge in [-0.25, -0.2) is 4.79 Å². The first kappa shape index (κ1) is 16.6. The van der Waals surface area contributed by atoms with Gasteiger partial charge in [0.05, 0.1) is 25.8 Å². The third kappa shape index (κ3) is 5.50. The quantitative estimate of drug-likeness (QED) is 0.796. The van der Waals surface area contributed by atoms with Crippen molar-refractivity contribution in [2.75, 3.05) is 18.5 Å². The minimum Gasteiger partial charge on any atom is -0.467 e. The Labute approximate surface area is 135 Å². The number of hydrogen-bond donors (Lipinski definition) is 1. The highest BCUT2D eigenvalue weighted by Gasteiger charge is 2.17. The summed E-state index contributed by atoms with van der Waals surface area (Å²) in [7, 11) is 0. The van der Waals surface area contributed by atoms with Crippen LogP contribution in [0.3, 0.4) is 0 Å². The van der Waals surface area contributed by atoms with Crippen molar-refractivity contribution in [1.29, 1.82) is 0 Å². The lowest BCUT2D eigenvalue weighted by Gasteiger charge is -2.21. The first-order chi connectivity index (χ1) is 11.2. The van der Waals surface area contributed by atoms with Crippen LogP contribution in [0.5, 0.6) is 0 Å². The topological polar surface area (TPSA) is 71.8 Å². The molecule has 6 heteroatoms. The van der Waals surface area contributed by atoms with Gasteiger partial charge in [0.1, 0.15) is 5.76 Å². The van der Waals surface area contributed by atoms with Crippen molar-refractivity contribution >= 4 is 17.7 Å². The number of nitrogens with zero attached hydrogens (tertiary/aromatic N) is 1. The second-order valence-electron chi connectivity index (χ2n) is 4.85. The molecule has 1 aromatic heterocycles. The molecule has 122 valence electrons. The Hall–Kier alpha value is -2.76. The predicted octanol–water partition coefficient (Wildman–Crippen LogP) is 3.27. The highest BCUT2D eigenvalue weighted by Crippen LogP contribution is 2.11. The Balaban J connectivity index is 1.99. The number of anilines is 1. The summed E-state index contributed by atoms with van der Waals surface area (Å²) in [4.78, 5) is 25.5. The molecule has 1 N–H and O–H groups in total. The zero-order valence-electron chi connectivity index (χ0n) is 13.0. The summed E-state index contributed by atoms with van der Waals surface area (Å²) in [5.41, 5.74) is 0.693. The Morgan fingerprint density at radius 3 is 2.61 bits per heavy atom. The van der Waals surface area contributed by atoms with Crippen LogP contribution in [0.25, 0.3) is 0 Å². The maximum absolute atomic E-state index is 12.4. The molecule has 0 spiro atoms. The SMILES string of the molecule is CCOC(=O)CCN(Cc1ccco1)C(=O)Nc1ccccc1. The molecule has 0 fully saturated rings. The number of urea groups is 1. The molecule has 1 aromatic carbocycles. The summed E-state index contributed by atoms with van der Waals surface area (Å²) in [5.74, 6) is 0.321. The van der Waals surface area contributed by atoms with E-state index in [0.29, 0.717) is 18.1 Å². The second-order valence-corrected chi connectivity index (χ2v) is 4.85. The zero-order chi connectivity index (χ0) is 16.5. The van der Waals surface area contributed by atoms with Crippen LogP contribution < -0.4 is 5.32 Å². The first-order valence-corrected chi connectivity index (χ1v) is 7.48. The number of hydrogen-bond acceptors (Lipinski definition) is 4. The Kier molecular flexibility index (Phi) is 6.23. The molecule has 23 heavy (non-hydrogen) atoms. The molecule has 0 aliphatic rings. The molecule has 0 saturated carbocycles. The lowest BCUT2D eigenvalue weighted by Crippen LogP contribution is -2.36. The fourth-order valence-electron chi connectivity index (χ4n) is 2.03. The number of rotatable bonds is 7. The summed E-state index contributed by atoms with van der Waals surface area (Å²) >= 11 is 0. The third-order valence-electron chi connectivity index (χ3n) is 3.13. The molecule has 0 aliphatic carbocycles. The summed E-state index contributed by atoms with van der Waals surface area (Å²) in [5, 5.41) is 2.80. The Morgan fingerprint density at radius 1 is 1.17 bits per heavy atom. The number of furan rings is 1. The molecule has 0 bridgehead atoms. The van der Waals surface area contributed by atoms with E-state index in [-0.39, 0.29) is 31.5 Å². The Bertz CT molecular complexity index is 611. The van der Waals surface area contributed by atoms with E-state index in [9.17, 15) is 9.59 Å². The standard InChI is InChI=1S/C17H20N2O4/c1-2-22-16(20)10-11-19(13-15-9-6-12-23-15)17(21)18-14-7-4-3-5-8-14/h3-9,12H,2,10-11,13H2,1H3,(H,18,21). The van der Waals surface area contributed by atoms with Crippen molar-refractivity contribution in [3.63, 3.8) is 0 Å². The molecule has 1 heterocycles. The molecule has 0 atom stereocenters. The molecule has 0 radical (unpaired) electrons. The molecule has 6 nitrogen and oxygen atoms in total. The molecule has 2 aromatic rings. The molecular weight excluding hydrogens is 296 g/mol. The van der Waals surface area contributed by atoms with Crippen LogP contribution in [0.4, 0.5) is 10.5 Å². The average Bonchev–Trinajstić information content (AvgIpc) is 3.05. The minimum absolute atomic E-state index is 0.136. The Morgan fingerprint density at radius 2 is 1.96 bits per heavy atom. The molecule has 2 rings (SSSR count). The van der Waals surface area contributed by atoms with Crippen LogP contribution in [-0.4, -0.2) is 30.1 Å². The summed E-state index contributed by atoms with van der Waals surface area (Å²) in [6.45, 7) is 2.61. The van der Waals surface area contributed by atoms with Gasteiger partial charge in [-0.15, -0.1) is 0 Å². The second kappa shape index (κ2) is 8.63. The molecule has 2 amide bonds. The van der Waals surface area contributed by atoms with E-state index in [1.165, 1.54) is 4.90 Å². The van der Waals surface area contributed by atoms with Gasteiger partial charge in [-0.1, -0.05) is 18.2 Å². The minimum atomic E-state index is -0.329. The maximum atomic E-state index is 12.4. The summed E-state index contributed by atoms with van der Waals surface area (Å²) in [6, 6.07) is 12.4.